The van der Waals surface area contributed by atoms with Gasteiger partial charge in [-0.25, -0.2) is 0 Å². The maximum Gasteiger partial charge on any atom is 0.241 e. The lowest BCUT2D eigenvalue weighted by Crippen LogP contribution is -2.44. The van der Waals surface area contributed by atoms with Crippen molar-refractivity contribution < 1.29 is 9.59 Å². The number of rotatable bonds is 12. The third-order valence-electron chi connectivity index (χ3n) is 6.78. The minimum atomic E-state index is -0.0426. The Morgan fingerprint density at radius 3 is 1.57 bits per heavy atom. The van der Waals surface area contributed by atoms with Crippen LogP contribution in [0.3, 0.4) is 0 Å². The summed E-state index contributed by atoms with van der Waals surface area (Å²) in [6.07, 6.45) is 1.91. The summed E-state index contributed by atoms with van der Waals surface area (Å²) in [6, 6.07) is 12.1. The molecule has 0 radical (unpaired) electrons. The molecule has 0 aliphatic carbocycles. The number of carbonyl (C=O) groups is 2. The van der Waals surface area contributed by atoms with E-state index in [1.807, 2.05) is 64.1 Å². The number of hydrogen-bond donors (Lipinski definition) is 2. The average Bonchev–Trinajstić information content (AvgIpc) is 2.87. The zero-order chi connectivity index (χ0) is 28.0. The molecule has 1 atom stereocenters. The number of nitrogens with one attached hydrogen (secondary N) is 2. The van der Waals surface area contributed by atoms with Gasteiger partial charge in [-0.1, -0.05) is 71.0 Å². The van der Waals surface area contributed by atoms with Gasteiger partial charge in [-0.05, 0) is 89.0 Å². The molecule has 0 bridgehead atoms. The minimum absolute atomic E-state index is 0.0426. The summed E-state index contributed by atoms with van der Waals surface area (Å²) in [5, 5.41) is 6.12. The van der Waals surface area contributed by atoms with Crippen molar-refractivity contribution in [2.45, 2.75) is 81.2 Å². The molecule has 2 aromatic rings. The topological polar surface area (TPSA) is 64.7 Å². The first-order valence-corrected chi connectivity index (χ1v) is 13.8. The molecule has 0 aliphatic heterocycles. The first-order valence-electron chi connectivity index (χ1n) is 13.8. The Morgan fingerprint density at radius 1 is 0.730 bits per heavy atom. The molecule has 2 amide bonds. The van der Waals surface area contributed by atoms with Crippen LogP contribution in [0, 0.1) is 27.7 Å². The molecule has 6 heteroatoms. The van der Waals surface area contributed by atoms with Crippen LogP contribution in [0.1, 0.15) is 69.7 Å². The number of aryl methyl sites for hydroxylation is 4. The van der Waals surface area contributed by atoms with Gasteiger partial charge in [0, 0.05) is 11.4 Å². The van der Waals surface area contributed by atoms with Gasteiger partial charge in [0.1, 0.15) is 0 Å². The van der Waals surface area contributed by atoms with Crippen LogP contribution >= 0.6 is 0 Å². The smallest absolute Gasteiger partial charge is 0.241 e. The van der Waals surface area contributed by atoms with Gasteiger partial charge in [0.25, 0.3) is 0 Å². The predicted octanol–water partition coefficient (Wildman–Crippen LogP) is 6.34. The number of para-hydroxylation sites is 2. The van der Waals surface area contributed by atoms with Crippen molar-refractivity contribution in [3.63, 3.8) is 0 Å². The molecule has 0 aromatic heterocycles. The van der Waals surface area contributed by atoms with E-state index in [2.05, 4.69) is 55.1 Å². The SMILES string of the molecule is CCCN(CC)C(CC)C(=O)Nc1c(C)cccc1C.CCN(CC)CC(=O)Nc1c(C)cccc1C. The van der Waals surface area contributed by atoms with Gasteiger partial charge in [-0.15, -0.1) is 0 Å². The van der Waals surface area contributed by atoms with E-state index in [0.29, 0.717) is 6.54 Å². The van der Waals surface area contributed by atoms with Crippen LogP contribution in [0.25, 0.3) is 0 Å². The fourth-order valence-electron chi connectivity index (χ4n) is 4.49. The molecule has 0 spiro atoms. The predicted molar refractivity (Wildman–Crippen MR) is 158 cm³/mol. The molecular formula is C31H50N4O2. The van der Waals surface area contributed by atoms with Crippen LogP contribution in [-0.2, 0) is 9.59 Å². The highest BCUT2D eigenvalue weighted by molar-refractivity contribution is 5.96. The standard InChI is InChI=1S/C17H28N2O.C14H22N2O/c1-6-12-19(8-3)15(7-2)17(20)18-16-13(4)10-9-11-14(16)5;1-5-16(6-2)10-13(17)15-14-11(3)8-7-9-12(14)4/h9-11,15H,6-8,12H2,1-5H3,(H,18,20);7-9H,5-6,10H2,1-4H3,(H,15,17). The van der Waals surface area contributed by atoms with E-state index in [9.17, 15) is 9.59 Å². The molecule has 0 fully saturated rings. The molecule has 6 nitrogen and oxygen atoms in total. The van der Waals surface area contributed by atoms with Crippen molar-refractivity contribution in [1.29, 1.82) is 0 Å². The molecule has 0 saturated heterocycles. The molecule has 0 saturated carbocycles. The lowest BCUT2D eigenvalue weighted by molar-refractivity contribution is -0.121. The van der Waals surface area contributed by atoms with Crippen LogP contribution in [-0.4, -0.2) is 60.4 Å². The Labute approximate surface area is 225 Å². The molecule has 1 unspecified atom stereocenters. The van der Waals surface area contributed by atoms with Crippen LogP contribution < -0.4 is 10.6 Å². The number of carbonyl (C=O) groups excluding carboxylic acids is 2. The summed E-state index contributed by atoms with van der Waals surface area (Å²) in [6.45, 7) is 22.7. The molecule has 206 valence electrons. The monoisotopic (exact) mass is 510 g/mol. The Kier molecular flexibility index (Phi) is 14.8. The molecule has 0 aliphatic rings. The second kappa shape index (κ2) is 16.9. The number of benzene rings is 2. The summed E-state index contributed by atoms with van der Waals surface area (Å²) in [5.74, 6) is 0.172. The molecule has 2 N–H and O–H groups in total. The fraction of sp³-hybridized carbons (Fsp3) is 0.548. The Morgan fingerprint density at radius 2 is 1.19 bits per heavy atom. The van der Waals surface area contributed by atoms with E-state index in [1.54, 1.807) is 0 Å². The third kappa shape index (κ3) is 10.3. The van der Waals surface area contributed by atoms with Gasteiger partial charge in [0.15, 0.2) is 0 Å². The number of amides is 2. The van der Waals surface area contributed by atoms with Crippen LogP contribution in [0.2, 0.25) is 0 Å². The van der Waals surface area contributed by atoms with E-state index in [1.165, 1.54) is 0 Å². The van der Waals surface area contributed by atoms with Crippen LogP contribution in [0.4, 0.5) is 11.4 Å². The lowest BCUT2D eigenvalue weighted by Gasteiger charge is -2.29. The highest BCUT2D eigenvalue weighted by Crippen LogP contribution is 2.21. The average molecular weight is 511 g/mol. The van der Waals surface area contributed by atoms with Crippen molar-refractivity contribution in [1.82, 2.24) is 9.80 Å². The lowest BCUT2D eigenvalue weighted by atomic mass is 10.1. The second-order valence-corrected chi connectivity index (χ2v) is 9.59. The highest BCUT2D eigenvalue weighted by Gasteiger charge is 2.23. The maximum atomic E-state index is 12.6. The van der Waals surface area contributed by atoms with E-state index in [4.69, 9.17) is 0 Å². The fourth-order valence-corrected chi connectivity index (χ4v) is 4.49. The van der Waals surface area contributed by atoms with Crippen molar-refractivity contribution >= 4 is 23.2 Å². The summed E-state index contributed by atoms with van der Waals surface area (Å²) < 4.78 is 0. The second-order valence-electron chi connectivity index (χ2n) is 9.59. The van der Waals surface area contributed by atoms with Gasteiger partial charge >= 0.3 is 0 Å². The van der Waals surface area contributed by atoms with Crippen molar-refractivity contribution in [2.24, 2.45) is 0 Å². The quantitative estimate of drug-likeness (QED) is 0.350. The first kappa shape index (κ1) is 32.3. The zero-order valence-corrected chi connectivity index (χ0v) is 24.7. The Hall–Kier alpha value is -2.70. The van der Waals surface area contributed by atoms with E-state index >= 15 is 0 Å². The van der Waals surface area contributed by atoms with Crippen molar-refractivity contribution in [2.75, 3.05) is 43.4 Å². The summed E-state index contributed by atoms with van der Waals surface area (Å²) in [4.78, 5) is 28.8. The van der Waals surface area contributed by atoms with Gasteiger partial charge in [-0.2, -0.15) is 0 Å². The van der Waals surface area contributed by atoms with E-state index < -0.39 is 0 Å². The van der Waals surface area contributed by atoms with Gasteiger partial charge in [0.05, 0.1) is 12.6 Å². The number of likely N-dealkylation sites (N-methyl/N-ethyl adjacent to an activating group) is 2. The summed E-state index contributed by atoms with van der Waals surface area (Å²) >= 11 is 0. The van der Waals surface area contributed by atoms with Gasteiger partial charge < -0.3 is 10.6 Å². The molecule has 37 heavy (non-hydrogen) atoms. The largest absolute Gasteiger partial charge is 0.324 e. The van der Waals surface area contributed by atoms with Gasteiger partial charge in [0.2, 0.25) is 11.8 Å². The van der Waals surface area contributed by atoms with Crippen LogP contribution in [0.5, 0.6) is 0 Å². The van der Waals surface area contributed by atoms with Crippen LogP contribution in [0.15, 0.2) is 36.4 Å². The minimum Gasteiger partial charge on any atom is -0.324 e. The molecule has 2 aromatic carbocycles. The number of anilines is 2. The zero-order valence-electron chi connectivity index (χ0n) is 24.7. The highest BCUT2D eigenvalue weighted by atomic mass is 16.2. The van der Waals surface area contributed by atoms with E-state index in [0.717, 1.165) is 72.6 Å². The number of hydrogen-bond acceptors (Lipinski definition) is 4. The first-order chi connectivity index (χ1) is 17.6. The molecule has 2 rings (SSSR count). The number of nitrogens with zero attached hydrogens (tertiary/aromatic N) is 2. The summed E-state index contributed by atoms with van der Waals surface area (Å²) in [5.41, 5.74) is 6.36. The van der Waals surface area contributed by atoms with Crippen molar-refractivity contribution in [3.8, 4) is 0 Å². The Balaban J connectivity index is 0.000000375. The molecular weight excluding hydrogens is 460 g/mol. The maximum absolute atomic E-state index is 12.6. The summed E-state index contributed by atoms with van der Waals surface area (Å²) in [7, 11) is 0. The normalized spacial score (nSPS) is 11.6. The molecule has 0 heterocycles. The third-order valence-corrected chi connectivity index (χ3v) is 6.78. The Bertz CT molecular complexity index is 945. The van der Waals surface area contributed by atoms with E-state index in [-0.39, 0.29) is 17.9 Å². The van der Waals surface area contributed by atoms with Crippen molar-refractivity contribution in [3.05, 3.63) is 58.7 Å². The van der Waals surface area contributed by atoms with Gasteiger partial charge in [-0.3, -0.25) is 19.4 Å².